The van der Waals surface area contributed by atoms with E-state index in [4.69, 9.17) is 0 Å². The first-order chi connectivity index (χ1) is 5.93. The molecule has 0 aromatic carbocycles. The van der Waals surface area contributed by atoms with Crippen LogP contribution in [-0.4, -0.2) is 27.8 Å². The summed E-state index contributed by atoms with van der Waals surface area (Å²) in [5.41, 5.74) is 0.982. The molecule has 0 amide bonds. The molecule has 4 heteroatoms. The normalized spacial score (nSPS) is 9.67. The van der Waals surface area contributed by atoms with Gasteiger partial charge < -0.3 is 4.79 Å². The second-order valence-corrected chi connectivity index (χ2v) is 3.34. The van der Waals surface area contributed by atoms with E-state index in [2.05, 4.69) is 9.97 Å². The van der Waals surface area contributed by atoms with Gasteiger partial charge in [0.25, 0.3) is 0 Å². The Bertz CT molecular complexity index is 228. The van der Waals surface area contributed by atoms with Gasteiger partial charge in [-0.05, 0) is 5.75 Å². The van der Waals surface area contributed by atoms with Crippen molar-refractivity contribution in [1.29, 1.82) is 0 Å². The summed E-state index contributed by atoms with van der Waals surface area (Å²) in [7, 11) is 0. The third-order valence-electron chi connectivity index (χ3n) is 1.31. The topological polar surface area (TPSA) is 42.9 Å². The quantitative estimate of drug-likeness (QED) is 0.502. The van der Waals surface area contributed by atoms with Crippen molar-refractivity contribution in [1.82, 2.24) is 9.97 Å². The molecule has 0 aliphatic carbocycles. The molecule has 1 heterocycles. The van der Waals surface area contributed by atoms with Crippen LogP contribution >= 0.6 is 11.8 Å². The molecule has 1 aromatic heterocycles. The van der Waals surface area contributed by atoms with Gasteiger partial charge >= 0.3 is 0 Å². The summed E-state index contributed by atoms with van der Waals surface area (Å²) in [4.78, 5) is 18.0. The minimum Gasteiger partial charge on any atom is -0.302 e. The molecule has 0 aliphatic rings. The Balaban J connectivity index is 2.20. The summed E-state index contributed by atoms with van der Waals surface area (Å²) in [5.74, 6) is 1.50. The molecule has 0 fully saturated rings. The van der Waals surface area contributed by atoms with E-state index in [9.17, 15) is 4.79 Å². The second-order valence-electron chi connectivity index (χ2n) is 2.19. The number of aryl methyl sites for hydroxylation is 1. The fourth-order valence-electron chi connectivity index (χ4n) is 0.767. The fourth-order valence-corrected chi connectivity index (χ4v) is 1.38. The minimum atomic E-state index is 0.570. The number of aromatic nitrogens is 2. The van der Waals surface area contributed by atoms with Crippen molar-refractivity contribution < 1.29 is 4.79 Å². The monoisotopic (exact) mass is 182 g/mol. The zero-order valence-electron chi connectivity index (χ0n) is 6.64. The van der Waals surface area contributed by atoms with E-state index in [1.54, 1.807) is 30.4 Å². The number of aldehydes is 1. The van der Waals surface area contributed by atoms with E-state index >= 15 is 0 Å². The average Bonchev–Trinajstić information content (AvgIpc) is 2.14. The van der Waals surface area contributed by atoms with Crippen LogP contribution in [0.15, 0.2) is 18.6 Å². The third-order valence-corrected chi connectivity index (χ3v) is 2.17. The first kappa shape index (κ1) is 9.19. The van der Waals surface area contributed by atoms with Crippen LogP contribution in [0.1, 0.15) is 5.69 Å². The van der Waals surface area contributed by atoms with Crippen LogP contribution < -0.4 is 0 Å². The van der Waals surface area contributed by atoms with Crippen LogP contribution in [-0.2, 0) is 11.2 Å². The SMILES string of the molecule is O=CCSCCc1cnccn1. The highest BCUT2D eigenvalue weighted by molar-refractivity contribution is 7.99. The number of nitrogens with zero attached hydrogens (tertiary/aromatic N) is 2. The lowest BCUT2D eigenvalue weighted by molar-refractivity contribution is -0.105. The molecule has 1 rings (SSSR count). The second kappa shape index (κ2) is 5.71. The van der Waals surface area contributed by atoms with Crippen molar-refractivity contribution in [2.45, 2.75) is 6.42 Å². The molecular formula is C8H10N2OS. The van der Waals surface area contributed by atoms with Crippen molar-refractivity contribution in [3.05, 3.63) is 24.3 Å². The van der Waals surface area contributed by atoms with Gasteiger partial charge in [-0.15, -0.1) is 0 Å². The Kier molecular flexibility index (Phi) is 4.37. The van der Waals surface area contributed by atoms with Crippen LogP contribution in [0.4, 0.5) is 0 Å². The average molecular weight is 182 g/mol. The molecule has 1 aromatic rings. The van der Waals surface area contributed by atoms with Gasteiger partial charge in [0, 0.05) is 30.8 Å². The van der Waals surface area contributed by atoms with E-state index in [0.717, 1.165) is 24.2 Å². The smallest absolute Gasteiger partial charge is 0.129 e. The molecule has 0 saturated heterocycles. The lowest BCUT2D eigenvalue weighted by Gasteiger charge is -1.96. The molecule has 0 atom stereocenters. The highest BCUT2D eigenvalue weighted by Gasteiger charge is 1.92. The molecule has 3 nitrogen and oxygen atoms in total. The van der Waals surface area contributed by atoms with Crippen molar-refractivity contribution >= 4 is 18.0 Å². The minimum absolute atomic E-state index is 0.570. The molecule has 0 bridgehead atoms. The zero-order valence-corrected chi connectivity index (χ0v) is 7.46. The van der Waals surface area contributed by atoms with E-state index in [-0.39, 0.29) is 0 Å². The van der Waals surface area contributed by atoms with Gasteiger partial charge in [0.05, 0.1) is 5.69 Å². The fraction of sp³-hybridized carbons (Fsp3) is 0.375. The number of carbonyl (C=O) groups is 1. The highest BCUT2D eigenvalue weighted by Crippen LogP contribution is 2.01. The Morgan fingerprint density at radius 3 is 3.08 bits per heavy atom. The Labute approximate surface area is 75.6 Å². The molecule has 0 N–H and O–H groups in total. The van der Waals surface area contributed by atoms with Crippen LogP contribution in [0.3, 0.4) is 0 Å². The summed E-state index contributed by atoms with van der Waals surface area (Å²) in [5, 5.41) is 0. The Morgan fingerprint density at radius 2 is 2.42 bits per heavy atom. The first-order valence-electron chi connectivity index (χ1n) is 3.70. The lowest BCUT2D eigenvalue weighted by Crippen LogP contribution is -1.93. The van der Waals surface area contributed by atoms with Gasteiger partial charge in [0.1, 0.15) is 6.29 Å². The molecule has 0 spiro atoms. The summed E-state index contributed by atoms with van der Waals surface area (Å²) >= 11 is 1.61. The van der Waals surface area contributed by atoms with E-state index in [1.165, 1.54) is 0 Å². The van der Waals surface area contributed by atoms with E-state index in [1.807, 2.05) is 0 Å². The number of hydrogen-bond donors (Lipinski definition) is 0. The van der Waals surface area contributed by atoms with Gasteiger partial charge in [-0.3, -0.25) is 9.97 Å². The molecule has 0 aliphatic heterocycles. The van der Waals surface area contributed by atoms with Crippen molar-refractivity contribution in [3.8, 4) is 0 Å². The lowest BCUT2D eigenvalue weighted by atomic mass is 10.4. The van der Waals surface area contributed by atoms with Gasteiger partial charge in [-0.2, -0.15) is 11.8 Å². The van der Waals surface area contributed by atoms with Gasteiger partial charge in [-0.25, -0.2) is 0 Å². The molecular weight excluding hydrogens is 172 g/mol. The van der Waals surface area contributed by atoms with E-state index < -0.39 is 0 Å². The predicted octanol–water partition coefficient (Wildman–Crippen LogP) is 0.951. The van der Waals surface area contributed by atoms with Crippen LogP contribution in [0.25, 0.3) is 0 Å². The van der Waals surface area contributed by atoms with Crippen LogP contribution in [0.5, 0.6) is 0 Å². The highest BCUT2D eigenvalue weighted by atomic mass is 32.2. The molecule has 12 heavy (non-hydrogen) atoms. The first-order valence-corrected chi connectivity index (χ1v) is 4.85. The maximum Gasteiger partial charge on any atom is 0.129 e. The molecule has 0 unspecified atom stereocenters. The molecule has 64 valence electrons. The zero-order chi connectivity index (χ0) is 8.65. The van der Waals surface area contributed by atoms with Crippen molar-refractivity contribution in [3.63, 3.8) is 0 Å². The van der Waals surface area contributed by atoms with Crippen molar-refractivity contribution in [2.75, 3.05) is 11.5 Å². The van der Waals surface area contributed by atoms with Gasteiger partial charge in [-0.1, -0.05) is 0 Å². The largest absolute Gasteiger partial charge is 0.302 e. The van der Waals surface area contributed by atoms with E-state index in [0.29, 0.717) is 5.75 Å². The van der Waals surface area contributed by atoms with Crippen molar-refractivity contribution in [2.24, 2.45) is 0 Å². The molecule has 0 saturated carbocycles. The number of carbonyl (C=O) groups excluding carboxylic acids is 1. The maximum absolute atomic E-state index is 9.97. The molecule has 0 radical (unpaired) electrons. The third kappa shape index (κ3) is 3.48. The standard InChI is InChI=1S/C8H10N2OS/c11-4-6-12-5-1-8-7-9-2-3-10-8/h2-4,7H,1,5-6H2. The summed E-state index contributed by atoms with van der Waals surface area (Å²) in [6.07, 6.45) is 6.89. The Hall–Kier alpha value is -0.900. The number of rotatable bonds is 5. The number of hydrogen-bond acceptors (Lipinski definition) is 4. The maximum atomic E-state index is 9.97. The summed E-state index contributed by atoms with van der Waals surface area (Å²) < 4.78 is 0. The predicted molar refractivity (Wildman–Crippen MR) is 49.1 cm³/mol. The number of thioether (sulfide) groups is 1. The summed E-state index contributed by atoms with van der Waals surface area (Å²) in [6.45, 7) is 0. The van der Waals surface area contributed by atoms with Crippen LogP contribution in [0.2, 0.25) is 0 Å². The summed E-state index contributed by atoms with van der Waals surface area (Å²) in [6, 6.07) is 0. The van der Waals surface area contributed by atoms with Crippen LogP contribution in [0, 0.1) is 0 Å². The Morgan fingerprint density at radius 1 is 1.50 bits per heavy atom. The van der Waals surface area contributed by atoms with Gasteiger partial charge in [0.2, 0.25) is 0 Å². The van der Waals surface area contributed by atoms with Gasteiger partial charge in [0.15, 0.2) is 0 Å².